The van der Waals surface area contributed by atoms with E-state index in [0.717, 1.165) is 4.60 Å². The molecule has 0 aliphatic rings. The van der Waals surface area contributed by atoms with Crippen molar-refractivity contribution in [2.75, 3.05) is 6.54 Å². The van der Waals surface area contributed by atoms with E-state index in [1.54, 1.807) is 29.3 Å². The first kappa shape index (κ1) is 12.9. The number of amides is 1. The maximum atomic E-state index is 12.1. The molecule has 0 aromatic carbocycles. The maximum Gasteiger partial charge on any atom is 0.255 e. The molecule has 1 aromatic rings. The molecule has 0 N–H and O–H groups in total. The summed E-state index contributed by atoms with van der Waals surface area (Å²) in [5.41, 5.74) is 0.596. The fourth-order valence-corrected chi connectivity index (χ4v) is 1.57. The molecule has 1 aromatic heterocycles. The summed E-state index contributed by atoms with van der Waals surface area (Å²) < 4.78 is 0.726. The first-order chi connectivity index (χ1) is 7.56. The predicted octanol–water partition coefficient (Wildman–Crippen LogP) is 2.88. The third-order valence-corrected chi connectivity index (χ3v) is 2.65. The van der Waals surface area contributed by atoms with E-state index in [1.807, 2.05) is 13.8 Å². The Hall–Kier alpha value is -1.16. The highest BCUT2D eigenvalue weighted by Gasteiger charge is 2.17. The fourth-order valence-electron chi connectivity index (χ4n) is 1.34. The van der Waals surface area contributed by atoms with E-state index in [1.165, 1.54) is 0 Å². The Kier molecular flexibility index (Phi) is 4.68. The summed E-state index contributed by atoms with van der Waals surface area (Å²) >= 11 is 3.24. The largest absolute Gasteiger partial charge is 0.332 e. The van der Waals surface area contributed by atoms with Crippen LogP contribution in [0.1, 0.15) is 24.2 Å². The molecule has 3 nitrogen and oxygen atoms in total. The van der Waals surface area contributed by atoms with Gasteiger partial charge in [-0.15, -0.1) is 6.58 Å². The van der Waals surface area contributed by atoms with Gasteiger partial charge in [-0.1, -0.05) is 6.08 Å². The van der Waals surface area contributed by atoms with Crippen LogP contribution in [-0.4, -0.2) is 28.4 Å². The van der Waals surface area contributed by atoms with Gasteiger partial charge >= 0.3 is 0 Å². The zero-order chi connectivity index (χ0) is 12.1. The molecule has 0 atom stereocenters. The van der Waals surface area contributed by atoms with Gasteiger partial charge in [0.2, 0.25) is 0 Å². The van der Waals surface area contributed by atoms with Gasteiger partial charge in [0.05, 0.1) is 5.56 Å². The van der Waals surface area contributed by atoms with Gasteiger partial charge in [-0.25, -0.2) is 4.98 Å². The third-order valence-electron chi connectivity index (χ3n) is 2.18. The molecule has 1 amide bonds. The number of hydrogen-bond donors (Lipinski definition) is 0. The topological polar surface area (TPSA) is 33.2 Å². The number of rotatable bonds is 4. The number of carbonyl (C=O) groups is 1. The monoisotopic (exact) mass is 282 g/mol. The van der Waals surface area contributed by atoms with Crippen molar-refractivity contribution in [2.45, 2.75) is 19.9 Å². The molecule has 86 valence electrons. The molecule has 16 heavy (non-hydrogen) atoms. The highest BCUT2D eigenvalue weighted by molar-refractivity contribution is 9.10. The quantitative estimate of drug-likeness (QED) is 0.629. The summed E-state index contributed by atoms with van der Waals surface area (Å²) in [5, 5.41) is 0. The zero-order valence-corrected chi connectivity index (χ0v) is 11.1. The van der Waals surface area contributed by atoms with Crippen LogP contribution in [0.25, 0.3) is 0 Å². The fraction of sp³-hybridized carbons (Fsp3) is 0.333. The first-order valence-corrected chi connectivity index (χ1v) is 5.89. The van der Waals surface area contributed by atoms with Crippen LogP contribution in [0.4, 0.5) is 0 Å². The van der Waals surface area contributed by atoms with Gasteiger partial charge in [0.1, 0.15) is 4.60 Å². The predicted molar refractivity (Wildman–Crippen MR) is 68.3 cm³/mol. The van der Waals surface area contributed by atoms with Crippen molar-refractivity contribution in [3.8, 4) is 0 Å². The van der Waals surface area contributed by atoms with E-state index in [0.29, 0.717) is 12.1 Å². The summed E-state index contributed by atoms with van der Waals surface area (Å²) in [6.45, 7) is 8.16. The van der Waals surface area contributed by atoms with E-state index >= 15 is 0 Å². The second-order valence-electron chi connectivity index (χ2n) is 3.71. The van der Waals surface area contributed by atoms with Crippen molar-refractivity contribution in [3.63, 3.8) is 0 Å². The van der Waals surface area contributed by atoms with Gasteiger partial charge in [-0.05, 0) is 41.9 Å². The van der Waals surface area contributed by atoms with Gasteiger partial charge in [0, 0.05) is 18.8 Å². The molecule has 0 spiro atoms. The molecule has 0 aliphatic carbocycles. The second-order valence-corrected chi connectivity index (χ2v) is 4.52. The van der Waals surface area contributed by atoms with Crippen LogP contribution in [0, 0.1) is 0 Å². The normalized spacial score (nSPS) is 10.2. The van der Waals surface area contributed by atoms with Crippen LogP contribution in [-0.2, 0) is 0 Å². The van der Waals surface area contributed by atoms with Gasteiger partial charge in [-0.2, -0.15) is 0 Å². The molecule has 4 heteroatoms. The van der Waals surface area contributed by atoms with Crippen LogP contribution in [0.3, 0.4) is 0 Å². The Morgan fingerprint density at radius 2 is 2.31 bits per heavy atom. The minimum Gasteiger partial charge on any atom is -0.332 e. The number of nitrogens with zero attached hydrogens (tertiary/aromatic N) is 2. The van der Waals surface area contributed by atoms with E-state index < -0.39 is 0 Å². The lowest BCUT2D eigenvalue weighted by molar-refractivity contribution is 0.0728. The number of pyridine rings is 1. The Morgan fingerprint density at radius 1 is 1.62 bits per heavy atom. The van der Waals surface area contributed by atoms with Gasteiger partial charge in [-0.3, -0.25) is 4.79 Å². The number of aromatic nitrogens is 1. The van der Waals surface area contributed by atoms with E-state index in [2.05, 4.69) is 27.5 Å². The maximum absolute atomic E-state index is 12.1. The van der Waals surface area contributed by atoms with E-state index in [9.17, 15) is 4.79 Å². The molecular weight excluding hydrogens is 268 g/mol. The van der Waals surface area contributed by atoms with Gasteiger partial charge in [0.15, 0.2) is 0 Å². The molecule has 1 heterocycles. The molecule has 0 aliphatic heterocycles. The molecule has 0 unspecified atom stereocenters. The van der Waals surface area contributed by atoms with E-state index in [4.69, 9.17) is 0 Å². The second kappa shape index (κ2) is 5.80. The average molecular weight is 283 g/mol. The third kappa shape index (κ3) is 3.17. The summed E-state index contributed by atoms with van der Waals surface area (Å²) in [4.78, 5) is 17.9. The molecule has 0 radical (unpaired) electrons. The highest BCUT2D eigenvalue weighted by atomic mass is 79.9. The van der Waals surface area contributed by atoms with Gasteiger partial charge < -0.3 is 4.90 Å². The van der Waals surface area contributed by atoms with Crippen LogP contribution in [0.5, 0.6) is 0 Å². The molecule has 1 rings (SSSR count). The summed E-state index contributed by atoms with van der Waals surface area (Å²) in [6.07, 6.45) is 3.30. The first-order valence-electron chi connectivity index (χ1n) is 5.09. The molecule has 0 saturated carbocycles. The van der Waals surface area contributed by atoms with Crippen molar-refractivity contribution < 1.29 is 4.79 Å². The lowest BCUT2D eigenvalue weighted by Gasteiger charge is -2.25. The van der Waals surface area contributed by atoms with Crippen LogP contribution >= 0.6 is 15.9 Å². The summed E-state index contributed by atoms with van der Waals surface area (Å²) in [7, 11) is 0. The Morgan fingerprint density at radius 3 is 2.75 bits per heavy atom. The van der Waals surface area contributed by atoms with Crippen molar-refractivity contribution in [2.24, 2.45) is 0 Å². The summed E-state index contributed by atoms with van der Waals surface area (Å²) in [6, 6.07) is 3.67. The van der Waals surface area contributed by atoms with Crippen molar-refractivity contribution in [1.82, 2.24) is 9.88 Å². The lowest BCUT2D eigenvalue weighted by Crippen LogP contribution is -2.37. The molecule has 0 fully saturated rings. The van der Waals surface area contributed by atoms with E-state index in [-0.39, 0.29) is 11.9 Å². The van der Waals surface area contributed by atoms with Crippen LogP contribution in [0.15, 0.2) is 35.6 Å². The Labute approximate surface area is 104 Å². The van der Waals surface area contributed by atoms with Crippen molar-refractivity contribution in [1.29, 1.82) is 0 Å². The standard InChI is InChI=1S/C12H15BrN2O/c1-4-7-15(9(2)3)12(16)10-5-6-11(13)14-8-10/h4-6,8-9H,1,7H2,2-3H3. The van der Waals surface area contributed by atoms with Gasteiger partial charge in [0.25, 0.3) is 5.91 Å². The molecule has 0 saturated heterocycles. The zero-order valence-electron chi connectivity index (χ0n) is 9.48. The number of halogens is 1. The Bertz CT molecular complexity index is 373. The molecule has 0 bridgehead atoms. The van der Waals surface area contributed by atoms with Crippen molar-refractivity contribution >= 4 is 21.8 Å². The highest BCUT2D eigenvalue weighted by Crippen LogP contribution is 2.10. The minimum atomic E-state index is -0.0186. The molecular formula is C12H15BrN2O. The Balaban J connectivity index is 2.89. The van der Waals surface area contributed by atoms with Crippen LogP contribution in [0.2, 0.25) is 0 Å². The van der Waals surface area contributed by atoms with Crippen LogP contribution < -0.4 is 0 Å². The smallest absolute Gasteiger partial charge is 0.255 e. The number of hydrogen-bond acceptors (Lipinski definition) is 2. The average Bonchev–Trinajstić information content (AvgIpc) is 2.25. The minimum absolute atomic E-state index is 0.0186. The number of carbonyl (C=O) groups excluding carboxylic acids is 1. The summed E-state index contributed by atoms with van der Waals surface area (Å²) in [5.74, 6) is -0.0186. The SMILES string of the molecule is C=CCN(C(=O)c1ccc(Br)nc1)C(C)C. The van der Waals surface area contributed by atoms with Crippen molar-refractivity contribution in [3.05, 3.63) is 41.2 Å². The lowest BCUT2D eigenvalue weighted by atomic mass is 10.2.